The molecule has 0 unspecified atom stereocenters. The second-order valence-electron chi connectivity index (χ2n) is 5.79. The maximum atomic E-state index is 11.9. The van der Waals surface area contributed by atoms with Gasteiger partial charge in [-0.25, -0.2) is 4.79 Å². The Hall–Kier alpha value is -1.14. The van der Waals surface area contributed by atoms with Crippen molar-refractivity contribution in [3.63, 3.8) is 0 Å². The quantitative estimate of drug-likeness (QED) is 0.661. The van der Waals surface area contributed by atoms with E-state index in [9.17, 15) is 9.59 Å². The standard InChI is InChI=1S/C14H26N4O2/c1-2-7-18(12-8-15-9-12)10-13(19)17-14(20)16-11-5-3-4-6-11/h11-12,15H,2-10H2,1H3,(H2,16,17,19,20). The lowest BCUT2D eigenvalue weighted by molar-refractivity contribution is -0.122. The Morgan fingerprint density at radius 2 is 1.95 bits per heavy atom. The van der Waals surface area contributed by atoms with Crippen LogP contribution in [-0.2, 0) is 4.79 Å². The molecular formula is C14H26N4O2. The minimum Gasteiger partial charge on any atom is -0.335 e. The first kappa shape index (κ1) is 15.3. The number of nitrogens with one attached hydrogen (secondary N) is 3. The van der Waals surface area contributed by atoms with Crippen molar-refractivity contribution >= 4 is 11.9 Å². The van der Waals surface area contributed by atoms with E-state index in [1.54, 1.807) is 0 Å². The summed E-state index contributed by atoms with van der Waals surface area (Å²) in [4.78, 5) is 25.8. The van der Waals surface area contributed by atoms with Gasteiger partial charge in [-0.2, -0.15) is 0 Å². The SMILES string of the molecule is CCCN(CC(=O)NC(=O)NC1CCCC1)C1CNC1. The highest BCUT2D eigenvalue weighted by atomic mass is 16.2. The maximum absolute atomic E-state index is 11.9. The summed E-state index contributed by atoms with van der Waals surface area (Å²) in [6.07, 6.45) is 5.39. The minimum absolute atomic E-state index is 0.208. The van der Waals surface area contributed by atoms with Crippen molar-refractivity contribution in [3.05, 3.63) is 0 Å². The number of rotatable bonds is 6. The zero-order valence-corrected chi connectivity index (χ0v) is 12.3. The third-order valence-corrected chi connectivity index (χ3v) is 4.08. The van der Waals surface area contributed by atoms with Crippen LogP contribution in [-0.4, -0.2) is 55.1 Å². The van der Waals surface area contributed by atoms with Gasteiger partial charge in [0.2, 0.25) is 5.91 Å². The summed E-state index contributed by atoms with van der Waals surface area (Å²) >= 11 is 0. The van der Waals surface area contributed by atoms with Gasteiger partial charge in [0, 0.05) is 25.2 Å². The number of amides is 3. The Bertz CT molecular complexity index is 338. The summed E-state index contributed by atoms with van der Waals surface area (Å²) in [5, 5.41) is 8.53. The van der Waals surface area contributed by atoms with Gasteiger partial charge in [-0.1, -0.05) is 19.8 Å². The summed E-state index contributed by atoms with van der Waals surface area (Å²) in [5.41, 5.74) is 0. The predicted octanol–water partition coefficient (Wildman–Crippen LogP) is 0.439. The molecule has 0 bridgehead atoms. The zero-order chi connectivity index (χ0) is 14.4. The van der Waals surface area contributed by atoms with Crippen molar-refractivity contribution in [1.82, 2.24) is 20.9 Å². The van der Waals surface area contributed by atoms with Crippen LogP contribution in [0.2, 0.25) is 0 Å². The lowest BCUT2D eigenvalue weighted by atomic mass is 10.1. The van der Waals surface area contributed by atoms with E-state index >= 15 is 0 Å². The van der Waals surface area contributed by atoms with Crippen LogP contribution in [0.1, 0.15) is 39.0 Å². The zero-order valence-electron chi connectivity index (χ0n) is 12.3. The average Bonchev–Trinajstić information content (AvgIpc) is 2.79. The van der Waals surface area contributed by atoms with Gasteiger partial charge in [0.25, 0.3) is 0 Å². The molecule has 6 heteroatoms. The molecule has 1 saturated heterocycles. The Labute approximate surface area is 120 Å². The van der Waals surface area contributed by atoms with Crippen LogP contribution in [0.5, 0.6) is 0 Å². The average molecular weight is 282 g/mol. The van der Waals surface area contributed by atoms with Gasteiger partial charge in [0.15, 0.2) is 0 Å². The number of hydrogen-bond acceptors (Lipinski definition) is 4. The fourth-order valence-corrected chi connectivity index (χ4v) is 2.85. The summed E-state index contributed by atoms with van der Waals surface area (Å²) in [5.74, 6) is -0.208. The monoisotopic (exact) mass is 282 g/mol. The van der Waals surface area contributed by atoms with Crippen LogP contribution in [0.25, 0.3) is 0 Å². The van der Waals surface area contributed by atoms with E-state index in [2.05, 4.69) is 27.8 Å². The van der Waals surface area contributed by atoms with E-state index in [1.807, 2.05) is 0 Å². The Morgan fingerprint density at radius 3 is 2.50 bits per heavy atom. The predicted molar refractivity (Wildman–Crippen MR) is 77.5 cm³/mol. The fourth-order valence-electron chi connectivity index (χ4n) is 2.85. The molecular weight excluding hydrogens is 256 g/mol. The molecule has 1 aliphatic carbocycles. The highest BCUT2D eigenvalue weighted by molar-refractivity contribution is 5.95. The Morgan fingerprint density at radius 1 is 1.25 bits per heavy atom. The number of nitrogens with zero attached hydrogens (tertiary/aromatic N) is 1. The lowest BCUT2D eigenvalue weighted by Gasteiger charge is -2.37. The Balaban J connectivity index is 1.70. The second kappa shape index (κ2) is 7.59. The molecule has 114 valence electrons. The van der Waals surface area contributed by atoms with Crippen molar-refractivity contribution in [1.29, 1.82) is 0 Å². The summed E-state index contributed by atoms with van der Waals surface area (Å²) in [6, 6.07) is 0.328. The van der Waals surface area contributed by atoms with E-state index in [-0.39, 0.29) is 18.0 Å². The van der Waals surface area contributed by atoms with Gasteiger partial charge in [0.05, 0.1) is 6.54 Å². The fraction of sp³-hybridized carbons (Fsp3) is 0.857. The molecule has 2 rings (SSSR count). The molecule has 2 aliphatic rings. The Kier molecular flexibility index (Phi) is 5.79. The van der Waals surface area contributed by atoms with Crippen LogP contribution in [0.4, 0.5) is 4.79 Å². The molecule has 1 aliphatic heterocycles. The molecule has 6 nitrogen and oxygen atoms in total. The lowest BCUT2D eigenvalue weighted by Crippen LogP contribution is -2.59. The van der Waals surface area contributed by atoms with E-state index in [0.29, 0.717) is 12.6 Å². The highest BCUT2D eigenvalue weighted by Gasteiger charge is 2.26. The van der Waals surface area contributed by atoms with Crippen LogP contribution in [0.15, 0.2) is 0 Å². The van der Waals surface area contributed by atoms with Crippen LogP contribution < -0.4 is 16.0 Å². The maximum Gasteiger partial charge on any atom is 0.321 e. The van der Waals surface area contributed by atoms with Crippen molar-refractivity contribution in [3.8, 4) is 0 Å². The number of carbonyl (C=O) groups excluding carboxylic acids is 2. The number of hydrogen-bond donors (Lipinski definition) is 3. The molecule has 0 atom stereocenters. The van der Waals surface area contributed by atoms with Gasteiger partial charge in [-0.05, 0) is 25.8 Å². The smallest absolute Gasteiger partial charge is 0.321 e. The van der Waals surface area contributed by atoms with E-state index in [4.69, 9.17) is 0 Å². The summed E-state index contributed by atoms with van der Waals surface area (Å²) in [7, 11) is 0. The first-order chi connectivity index (χ1) is 9.69. The van der Waals surface area contributed by atoms with Crippen LogP contribution in [0.3, 0.4) is 0 Å². The minimum atomic E-state index is -0.343. The van der Waals surface area contributed by atoms with Crippen molar-refractivity contribution < 1.29 is 9.59 Å². The van der Waals surface area contributed by atoms with Crippen LogP contribution >= 0.6 is 0 Å². The van der Waals surface area contributed by atoms with Gasteiger partial charge in [0.1, 0.15) is 0 Å². The molecule has 2 fully saturated rings. The van der Waals surface area contributed by atoms with Crippen molar-refractivity contribution in [2.45, 2.75) is 51.1 Å². The third kappa shape index (κ3) is 4.45. The van der Waals surface area contributed by atoms with Gasteiger partial charge < -0.3 is 10.6 Å². The first-order valence-electron chi connectivity index (χ1n) is 7.74. The molecule has 20 heavy (non-hydrogen) atoms. The molecule has 1 saturated carbocycles. The van der Waals surface area contributed by atoms with Gasteiger partial charge in [-0.15, -0.1) is 0 Å². The number of urea groups is 1. The summed E-state index contributed by atoms with van der Waals surface area (Å²) in [6.45, 7) is 5.16. The molecule has 0 aromatic carbocycles. The molecule has 1 heterocycles. The molecule has 0 aromatic rings. The third-order valence-electron chi connectivity index (χ3n) is 4.08. The normalized spacial score (nSPS) is 19.9. The largest absolute Gasteiger partial charge is 0.335 e. The van der Waals surface area contributed by atoms with Crippen molar-refractivity contribution in [2.24, 2.45) is 0 Å². The first-order valence-corrected chi connectivity index (χ1v) is 7.74. The van der Waals surface area contributed by atoms with Gasteiger partial charge in [-0.3, -0.25) is 15.0 Å². The molecule has 3 N–H and O–H groups in total. The topological polar surface area (TPSA) is 73.5 Å². The van der Waals surface area contributed by atoms with E-state index in [1.165, 1.54) is 0 Å². The molecule has 0 aromatic heterocycles. The van der Waals surface area contributed by atoms with E-state index in [0.717, 1.165) is 51.7 Å². The number of carbonyl (C=O) groups is 2. The van der Waals surface area contributed by atoms with Gasteiger partial charge >= 0.3 is 6.03 Å². The molecule has 0 spiro atoms. The number of imide groups is 1. The highest BCUT2D eigenvalue weighted by Crippen LogP contribution is 2.17. The van der Waals surface area contributed by atoms with Crippen LogP contribution in [0, 0.1) is 0 Å². The van der Waals surface area contributed by atoms with E-state index < -0.39 is 0 Å². The second-order valence-corrected chi connectivity index (χ2v) is 5.79. The summed E-state index contributed by atoms with van der Waals surface area (Å²) < 4.78 is 0. The van der Waals surface area contributed by atoms with Crippen molar-refractivity contribution in [2.75, 3.05) is 26.2 Å². The molecule has 0 radical (unpaired) electrons. The molecule has 3 amide bonds.